The van der Waals surface area contributed by atoms with Gasteiger partial charge in [0.2, 0.25) is 0 Å². The highest BCUT2D eigenvalue weighted by atomic mass is 16.5. The van der Waals surface area contributed by atoms with Gasteiger partial charge in [-0.2, -0.15) is 0 Å². The third kappa shape index (κ3) is 3.97. The van der Waals surface area contributed by atoms with E-state index in [1.807, 2.05) is 0 Å². The Kier molecular flexibility index (Phi) is 5.90. The molecule has 0 radical (unpaired) electrons. The smallest absolute Gasteiger partial charge is 0.119 e. The maximum Gasteiger partial charge on any atom is 0.119 e. The number of rotatable bonds is 2. The van der Waals surface area contributed by atoms with Gasteiger partial charge in [-0.05, 0) is 70.8 Å². The Morgan fingerprint density at radius 3 is 0.868 bits per heavy atom. The van der Waals surface area contributed by atoms with Gasteiger partial charge < -0.3 is 19.4 Å². The molecule has 0 spiro atoms. The fourth-order valence-corrected chi connectivity index (χ4v) is 5.75. The highest BCUT2D eigenvalue weighted by Crippen LogP contribution is 2.43. The molecule has 5 rings (SSSR count). The van der Waals surface area contributed by atoms with Crippen molar-refractivity contribution < 1.29 is 9.47 Å². The Hall–Kier alpha value is -3.40. The third-order valence-electron chi connectivity index (χ3n) is 9.24. The van der Waals surface area contributed by atoms with Gasteiger partial charge in [0.15, 0.2) is 0 Å². The molecular weight excluding hydrogens is 468 g/mol. The highest BCUT2D eigenvalue weighted by Gasteiger charge is 2.35. The van der Waals surface area contributed by atoms with E-state index < -0.39 is 0 Å². The first-order chi connectivity index (χ1) is 17.7. The van der Waals surface area contributed by atoms with Crippen LogP contribution in [0, 0.1) is 0 Å². The summed E-state index contributed by atoms with van der Waals surface area (Å²) in [5, 5.41) is 0. The number of hydrogen-bond acceptors (Lipinski definition) is 2. The van der Waals surface area contributed by atoms with E-state index in [1.54, 1.807) is 14.2 Å². The summed E-state index contributed by atoms with van der Waals surface area (Å²) >= 11 is 0. The van der Waals surface area contributed by atoms with Crippen molar-refractivity contribution in [1.29, 1.82) is 0 Å². The van der Waals surface area contributed by atoms with Crippen molar-refractivity contribution in [3.05, 3.63) is 106 Å². The van der Waals surface area contributed by atoms with E-state index in [2.05, 4.69) is 126 Å². The van der Waals surface area contributed by atoms with Crippen LogP contribution in [0.5, 0.6) is 11.5 Å². The molecule has 2 aromatic carbocycles. The van der Waals surface area contributed by atoms with Crippen molar-refractivity contribution in [2.75, 3.05) is 14.2 Å². The van der Waals surface area contributed by atoms with Crippen LogP contribution in [0.15, 0.2) is 60.7 Å². The van der Waals surface area contributed by atoms with E-state index in [-0.39, 0.29) is 21.7 Å². The number of aromatic amines is 2. The Labute approximate surface area is 227 Å². The van der Waals surface area contributed by atoms with E-state index in [0.717, 1.165) is 11.5 Å². The summed E-state index contributed by atoms with van der Waals surface area (Å²) < 4.78 is 11.6. The highest BCUT2D eigenvalue weighted by molar-refractivity contribution is 5.51. The zero-order valence-corrected chi connectivity index (χ0v) is 24.6. The average Bonchev–Trinajstić information content (AvgIpc) is 3.59. The second kappa shape index (κ2) is 8.56. The average molecular weight is 511 g/mol. The van der Waals surface area contributed by atoms with Crippen LogP contribution < -0.4 is 9.47 Å². The number of hydrogen-bond donors (Lipinski definition) is 2. The molecule has 2 N–H and O–H groups in total. The molecule has 38 heavy (non-hydrogen) atoms. The minimum atomic E-state index is -0.257. The quantitative estimate of drug-likeness (QED) is 0.287. The SMILES string of the molecule is COc1cc2cc(c1)C(C)(C)c1ccc([nH]1)C(C)(C)c1cc(OC)cc(c1)C(C)(C)c1ccc([nH]1)C2(C)C. The molecule has 0 saturated heterocycles. The lowest BCUT2D eigenvalue weighted by atomic mass is 9.75. The second-order valence-corrected chi connectivity index (χ2v) is 13.0. The van der Waals surface area contributed by atoms with Crippen molar-refractivity contribution in [2.45, 2.75) is 77.0 Å². The maximum absolute atomic E-state index is 5.82. The molecule has 4 heteroatoms. The van der Waals surface area contributed by atoms with E-state index in [0.29, 0.717) is 0 Å². The van der Waals surface area contributed by atoms with Gasteiger partial charge in [-0.1, -0.05) is 67.5 Å². The fraction of sp³-hybridized carbons (Fsp3) is 0.412. The van der Waals surface area contributed by atoms with Crippen molar-refractivity contribution in [1.82, 2.24) is 9.97 Å². The predicted octanol–water partition coefficient (Wildman–Crippen LogP) is 7.98. The van der Waals surface area contributed by atoms with E-state index >= 15 is 0 Å². The normalized spacial score (nSPS) is 18.6. The Morgan fingerprint density at radius 1 is 0.421 bits per heavy atom. The fourth-order valence-electron chi connectivity index (χ4n) is 5.75. The van der Waals surface area contributed by atoms with Crippen LogP contribution >= 0.6 is 0 Å². The molecule has 1 aliphatic heterocycles. The number of nitrogens with one attached hydrogen (secondary N) is 2. The molecule has 4 aromatic rings. The molecule has 0 atom stereocenters. The van der Waals surface area contributed by atoms with Crippen molar-refractivity contribution in [3.63, 3.8) is 0 Å². The summed E-state index contributed by atoms with van der Waals surface area (Å²) in [4.78, 5) is 7.65. The van der Waals surface area contributed by atoms with Crippen molar-refractivity contribution >= 4 is 0 Å². The van der Waals surface area contributed by atoms with Crippen LogP contribution in [0.2, 0.25) is 0 Å². The molecule has 0 fully saturated rings. The molecule has 0 unspecified atom stereocenters. The van der Waals surface area contributed by atoms with Crippen LogP contribution in [-0.2, 0) is 21.7 Å². The van der Waals surface area contributed by atoms with Gasteiger partial charge in [-0.25, -0.2) is 0 Å². The van der Waals surface area contributed by atoms with E-state index in [1.165, 1.54) is 45.0 Å². The lowest BCUT2D eigenvalue weighted by Gasteiger charge is -2.32. The number of aromatic nitrogens is 2. The predicted molar refractivity (Wildman–Crippen MR) is 156 cm³/mol. The first kappa shape index (κ1) is 26.2. The Bertz CT molecular complexity index is 1290. The van der Waals surface area contributed by atoms with Gasteiger partial charge in [-0.15, -0.1) is 0 Å². The molecule has 200 valence electrons. The van der Waals surface area contributed by atoms with Gasteiger partial charge in [0.1, 0.15) is 11.5 Å². The summed E-state index contributed by atoms with van der Waals surface area (Å²) in [5.41, 5.74) is 8.54. The van der Waals surface area contributed by atoms with Crippen LogP contribution in [-0.4, -0.2) is 24.2 Å². The lowest BCUT2D eigenvalue weighted by Crippen LogP contribution is -2.26. The first-order valence-corrected chi connectivity index (χ1v) is 13.5. The Morgan fingerprint density at radius 2 is 0.658 bits per heavy atom. The summed E-state index contributed by atoms with van der Waals surface area (Å²) in [5.74, 6) is 1.75. The topological polar surface area (TPSA) is 50.0 Å². The van der Waals surface area contributed by atoms with Gasteiger partial charge in [0, 0.05) is 44.4 Å². The number of methoxy groups -OCH3 is 2. The summed E-state index contributed by atoms with van der Waals surface area (Å²) in [6.07, 6.45) is 0. The van der Waals surface area contributed by atoms with Crippen LogP contribution in [0.1, 0.15) is 100 Å². The molecule has 0 aliphatic carbocycles. The third-order valence-corrected chi connectivity index (χ3v) is 9.24. The molecular formula is C34H42N2O2. The van der Waals surface area contributed by atoms with E-state index in [4.69, 9.17) is 9.47 Å². The van der Waals surface area contributed by atoms with E-state index in [9.17, 15) is 0 Å². The minimum absolute atomic E-state index is 0.257. The molecule has 0 amide bonds. The molecule has 0 saturated carbocycles. The zero-order chi connectivity index (χ0) is 27.7. The van der Waals surface area contributed by atoms with Crippen molar-refractivity contribution in [3.8, 4) is 11.5 Å². The number of ether oxygens (including phenoxy) is 2. The molecule has 8 bridgehead atoms. The van der Waals surface area contributed by atoms with Gasteiger partial charge in [0.05, 0.1) is 14.2 Å². The Balaban J connectivity index is 1.84. The van der Waals surface area contributed by atoms with Crippen LogP contribution in [0.25, 0.3) is 0 Å². The van der Waals surface area contributed by atoms with Gasteiger partial charge in [-0.3, -0.25) is 0 Å². The summed E-state index contributed by atoms with van der Waals surface area (Å²) in [6.45, 7) is 18.2. The molecule has 1 aliphatic rings. The first-order valence-electron chi connectivity index (χ1n) is 13.5. The summed E-state index contributed by atoms with van der Waals surface area (Å²) in [6, 6.07) is 22.3. The number of fused-ring (bicyclic) bond motifs is 8. The number of benzene rings is 2. The monoisotopic (exact) mass is 510 g/mol. The van der Waals surface area contributed by atoms with Gasteiger partial charge in [0.25, 0.3) is 0 Å². The number of H-pyrrole nitrogens is 2. The lowest BCUT2D eigenvalue weighted by molar-refractivity contribution is 0.410. The largest absolute Gasteiger partial charge is 0.497 e. The molecule has 3 heterocycles. The standard InChI is InChI=1S/C34H42N2O2/c1-31(2)21-15-22(18-25(17-21)37-9)32(3,4)29-13-14-30(36-29)34(7,8)24-16-23(19-26(20-24)38-10)33(5,6)28-12-11-27(31)35-28/h11-20,35-36H,1-10H3. The van der Waals surface area contributed by atoms with Crippen molar-refractivity contribution in [2.24, 2.45) is 0 Å². The zero-order valence-electron chi connectivity index (χ0n) is 24.6. The molecule has 2 aromatic heterocycles. The second-order valence-electron chi connectivity index (χ2n) is 13.0. The minimum Gasteiger partial charge on any atom is -0.497 e. The van der Waals surface area contributed by atoms with Crippen LogP contribution in [0.4, 0.5) is 0 Å². The van der Waals surface area contributed by atoms with Crippen LogP contribution in [0.3, 0.4) is 0 Å². The summed E-state index contributed by atoms with van der Waals surface area (Å²) in [7, 11) is 3.50. The van der Waals surface area contributed by atoms with Gasteiger partial charge >= 0.3 is 0 Å². The molecule has 4 nitrogen and oxygen atoms in total. The maximum atomic E-state index is 5.82.